The molecule has 0 saturated carbocycles. The maximum Gasteiger partial charge on any atom is 0.255 e. The van der Waals surface area contributed by atoms with Crippen LogP contribution in [0.2, 0.25) is 0 Å². The Kier molecular flexibility index (Phi) is 6.01. The third kappa shape index (κ3) is 4.68. The number of aliphatic hydroxyl groups is 1. The van der Waals surface area contributed by atoms with Crippen molar-refractivity contribution in [2.75, 3.05) is 19.6 Å². The molecular weight excluding hydrogens is 331 g/mol. The molecule has 0 aliphatic carbocycles. The SMILES string of the molecule is O=C1N(CCc2ccccc2)CCC[C@@]1(O)CNCc1ccc(F)cc1. The number of amides is 1. The maximum absolute atomic E-state index is 12.9. The second kappa shape index (κ2) is 8.43. The van der Waals surface area contributed by atoms with Gasteiger partial charge >= 0.3 is 0 Å². The smallest absolute Gasteiger partial charge is 0.255 e. The molecular formula is C21H25FN2O2. The molecule has 1 heterocycles. The van der Waals surface area contributed by atoms with E-state index in [4.69, 9.17) is 0 Å². The molecule has 0 unspecified atom stereocenters. The Labute approximate surface area is 153 Å². The lowest BCUT2D eigenvalue weighted by Gasteiger charge is -2.38. The van der Waals surface area contributed by atoms with Gasteiger partial charge in [0.25, 0.3) is 5.91 Å². The van der Waals surface area contributed by atoms with Gasteiger partial charge in [-0.1, -0.05) is 42.5 Å². The van der Waals surface area contributed by atoms with Gasteiger partial charge < -0.3 is 15.3 Å². The zero-order chi connectivity index (χ0) is 18.4. The summed E-state index contributed by atoms with van der Waals surface area (Å²) in [6.45, 7) is 1.99. The zero-order valence-electron chi connectivity index (χ0n) is 14.8. The standard InChI is InChI=1S/C21H25FN2O2/c22-19-9-7-18(8-10-19)15-23-16-21(26)12-4-13-24(20(21)25)14-11-17-5-2-1-3-6-17/h1-3,5-10,23,26H,4,11-16H2/t21-/m1/s1. The highest BCUT2D eigenvalue weighted by Gasteiger charge is 2.41. The number of likely N-dealkylation sites (tertiary alicyclic amines) is 1. The van der Waals surface area contributed by atoms with Gasteiger partial charge in [0.05, 0.1) is 0 Å². The van der Waals surface area contributed by atoms with Gasteiger partial charge in [0.1, 0.15) is 5.82 Å². The Balaban J connectivity index is 1.52. The van der Waals surface area contributed by atoms with Gasteiger partial charge in [0, 0.05) is 26.2 Å². The van der Waals surface area contributed by atoms with Gasteiger partial charge in [-0.05, 0) is 42.5 Å². The number of piperidine rings is 1. The van der Waals surface area contributed by atoms with Crippen LogP contribution in [0.4, 0.5) is 4.39 Å². The van der Waals surface area contributed by atoms with Crippen LogP contribution in [0.15, 0.2) is 54.6 Å². The first-order chi connectivity index (χ1) is 12.6. The molecule has 138 valence electrons. The minimum absolute atomic E-state index is 0.199. The number of carbonyl (C=O) groups is 1. The van der Waals surface area contributed by atoms with Crippen molar-refractivity contribution >= 4 is 5.91 Å². The lowest BCUT2D eigenvalue weighted by molar-refractivity contribution is -0.156. The number of nitrogens with zero attached hydrogens (tertiary/aromatic N) is 1. The summed E-state index contributed by atoms with van der Waals surface area (Å²) >= 11 is 0. The Morgan fingerprint density at radius 3 is 2.54 bits per heavy atom. The average molecular weight is 356 g/mol. The van der Waals surface area contributed by atoms with E-state index in [-0.39, 0.29) is 18.3 Å². The summed E-state index contributed by atoms with van der Waals surface area (Å²) in [7, 11) is 0. The van der Waals surface area contributed by atoms with Crippen LogP contribution in [-0.2, 0) is 17.8 Å². The number of hydrogen-bond donors (Lipinski definition) is 2. The van der Waals surface area contributed by atoms with Crippen molar-refractivity contribution in [2.24, 2.45) is 0 Å². The van der Waals surface area contributed by atoms with Gasteiger partial charge in [-0.15, -0.1) is 0 Å². The molecule has 2 N–H and O–H groups in total. The summed E-state index contributed by atoms with van der Waals surface area (Å²) in [5.74, 6) is -0.477. The van der Waals surface area contributed by atoms with Crippen LogP contribution >= 0.6 is 0 Å². The van der Waals surface area contributed by atoms with Crippen LogP contribution in [-0.4, -0.2) is 41.1 Å². The van der Waals surface area contributed by atoms with Crippen molar-refractivity contribution in [1.29, 1.82) is 0 Å². The molecule has 1 amide bonds. The molecule has 5 heteroatoms. The van der Waals surface area contributed by atoms with E-state index in [1.54, 1.807) is 17.0 Å². The Hall–Kier alpha value is -2.24. The number of halogens is 1. The maximum atomic E-state index is 12.9. The minimum atomic E-state index is -1.37. The number of benzene rings is 2. The van der Waals surface area contributed by atoms with E-state index in [9.17, 15) is 14.3 Å². The lowest BCUT2D eigenvalue weighted by Crippen LogP contribution is -2.58. The van der Waals surface area contributed by atoms with Crippen molar-refractivity contribution in [2.45, 2.75) is 31.4 Å². The largest absolute Gasteiger partial charge is 0.379 e. The number of nitrogens with one attached hydrogen (secondary N) is 1. The highest BCUT2D eigenvalue weighted by atomic mass is 19.1. The predicted octanol–water partition coefficient (Wildman–Crippen LogP) is 2.51. The van der Waals surface area contributed by atoms with E-state index in [0.29, 0.717) is 26.1 Å². The highest BCUT2D eigenvalue weighted by molar-refractivity contribution is 5.86. The molecule has 4 nitrogen and oxygen atoms in total. The fourth-order valence-electron chi connectivity index (χ4n) is 3.37. The number of hydrogen-bond acceptors (Lipinski definition) is 3. The molecule has 26 heavy (non-hydrogen) atoms. The number of carbonyl (C=O) groups excluding carboxylic acids is 1. The first kappa shape index (κ1) is 18.5. The third-order valence-electron chi connectivity index (χ3n) is 4.88. The van der Waals surface area contributed by atoms with Crippen LogP contribution in [0, 0.1) is 5.82 Å². The van der Waals surface area contributed by atoms with Crippen molar-refractivity contribution in [3.8, 4) is 0 Å². The minimum Gasteiger partial charge on any atom is -0.379 e. The van der Waals surface area contributed by atoms with Gasteiger partial charge in [0.15, 0.2) is 5.60 Å². The Bertz CT molecular complexity index is 721. The number of rotatable bonds is 7. The van der Waals surface area contributed by atoms with E-state index in [1.807, 2.05) is 30.3 Å². The Morgan fingerprint density at radius 1 is 1.08 bits per heavy atom. The lowest BCUT2D eigenvalue weighted by atomic mass is 9.91. The monoisotopic (exact) mass is 356 g/mol. The van der Waals surface area contributed by atoms with Crippen LogP contribution in [0.5, 0.6) is 0 Å². The summed E-state index contributed by atoms with van der Waals surface area (Å²) in [6, 6.07) is 16.2. The normalized spacial score (nSPS) is 20.4. The van der Waals surface area contributed by atoms with Crippen LogP contribution in [0.25, 0.3) is 0 Å². The summed E-state index contributed by atoms with van der Waals surface area (Å²) in [6.07, 6.45) is 2.03. The molecule has 0 aromatic heterocycles. The van der Waals surface area contributed by atoms with E-state index in [1.165, 1.54) is 17.7 Å². The van der Waals surface area contributed by atoms with Crippen molar-refractivity contribution in [3.05, 3.63) is 71.5 Å². The molecule has 1 aliphatic rings. The fourth-order valence-corrected chi connectivity index (χ4v) is 3.37. The molecule has 3 rings (SSSR count). The highest BCUT2D eigenvalue weighted by Crippen LogP contribution is 2.22. The molecule has 0 bridgehead atoms. The molecule has 2 aromatic carbocycles. The third-order valence-corrected chi connectivity index (χ3v) is 4.88. The van der Waals surface area contributed by atoms with Crippen LogP contribution in [0.1, 0.15) is 24.0 Å². The van der Waals surface area contributed by atoms with Crippen LogP contribution in [0.3, 0.4) is 0 Å². The summed E-state index contributed by atoms with van der Waals surface area (Å²) in [5.41, 5.74) is 0.734. The van der Waals surface area contributed by atoms with Crippen molar-refractivity contribution < 1.29 is 14.3 Å². The second-order valence-corrected chi connectivity index (χ2v) is 6.89. The topological polar surface area (TPSA) is 52.6 Å². The second-order valence-electron chi connectivity index (χ2n) is 6.89. The van der Waals surface area contributed by atoms with E-state index in [0.717, 1.165) is 18.4 Å². The summed E-state index contributed by atoms with van der Waals surface area (Å²) < 4.78 is 12.9. The molecule has 0 spiro atoms. The quantitative estimate of drug-likeness (QED) is 0.802. The summed E-state index contributed by atoms with van der Waals surface area (Å²) in [5, 5.41) is 14.0. The van der Waals surface area contributed by atoms with E-state index < -0.39 is 5.60 Å². The van der Waals surface area contributed by atoms with Gasteiger partial charge in [-0.2, -0.15) is 0 Å². The molecule has 1 aliphatic heterocycles. The molecule has 1 atom stereocenters. The molecule has 0 radical (unpaired) electrons. The zero-order valence-corrected chi connectivity index (χ0v) is 14.8. The average Bonchev–Trinajstić information content (AvgIpc) is 2.66. The first-order valence-electron chi connectivity index (χ1n) is 9.08. The molecule has 1 saturated heterocycles. The van der Waals surface area contributed by atoms with Gasteiger partial charge in [-0.25, -0.2) is 4.39 Å². The van der Waals surface area contributed by atoms with Gasteiger partial charge in [0.2, 0.25) is 0 Å². The van der Waals surface area contributed by atoms with Crippen molar-refractivity contribution in [1.82, 2.24) is 10.2 Å². The Morgan fingerprint density at radius 2 is 1.81 bits per heavy atom. The van der Waals surface area contributed by atoms with E-state index >= 15 is 0 Å². The molecule has 1 fully saturated rings. The first-order valence-corrected chi connectivity index (χ1v) is 9.08. The van der Waals surface area contributed by atoms with Crippen molar-refractivity contribution in [3.63, 3.8) is 0 Å². The van der Waals surface area contributed by atoms with Gasteiger partial charge in [-0.3, -0.25) is 4.79 Å². The van der Waals surface area contributed by atoms with E-state index in [2.05, 4.69) is 5.32 Å². The molecule has 2 aromatic rings. The summed E-state index contributed by atoms with van der Waals surface area (Å²) in [4.78, 5) is 14.5. The fraction of sp³-hybridized carbons (Fsp3) is 0.381. The van der Waals surface area contributed by atoms with Crippen LogP contribution < -0.4 is 5.32 Å². The predicted molar refractivity (Wildman–Crippen MR) is 99.0 cm³/mol.